The van der Waals surface area contributed by atoms with Gasteiger partial charge in [0.05, 0.1) is 42.1 Å². The highest BCUT2D eigenvalue weighted by atomic mass is 32.2. The molecule has 3 atom stereocenters. The van der Waals surface area contributed by atoms with Crippen molar-refractivity contribution in [1.29, 1.82) is 0 Å². The first-order valence-electron chi connectivity index (χ1n) is 17.9. The lowest BCUT2D eigenvalue weighted by atomic mass is 9.89. The van der Waals surface area contributed by atoms with Crippen molar-refractivity contribution in [2.75, 3.05) is 24.2 Å². The van der Waals surface area contributed by atoms with Crippen LogP contribution < -0.4 is 10.0 Å². The van der Waals surface area contributed by atoms with Gasteiger partial charge < -0.3 is 10.1 Å². The number of pyridine rings is 1. The maximum atomic E-state index is 15.6. The zero-order valence-corrected chi connectivity index (χ0v) is 32.4. The van der Waals surface area contributed by atoms with Gasteiger partial charge in [-0.05, 0) is 61.1 Å². The van der Waals surface area contributed by atoms with E-state index in [2.05, 4.69) is 32.1 Å². The van der Waals surface area contributed by atoms with Crippen LogP contribution in [0.2, 0.25) is 0 Å². The zero-order valence-electron chi connectivity index (χ0n) is 31.6. The molecule has 2 N–H and O–H groups in total. The molecule has 58 heavy (non-hydrogen) atoms. The molecule has 7 rings (SSSR count). The number of para-hydroxylation sites is 1. The second-order valence-corrected chi connectivity index (χ2v) is 16.8. The molecule has 4 heterocycles. The number of alkyl halides is 5. The van der Waals surface area contributed by atoms with E-state index in [9.17, 15) is 35.2 Å². The Morgan fingerprint density at radius 1 is 1.05 bits per heavy atom. The van der Waals surface area contributed by atoms with Crippen LogP contribution >= 0.6 is 0 Å². The number of hydrogen-bond acceptors (Lipinski definition) is 7. The van der Waals surface area contributed by atoms with Crippen LogP contribution in [0.3, 0.4) is 0 Å². The molecule has 19 heteroatoms. The van der Waals surface area contributed by atoms with Crippen molar-refractivity contribution < 1.29 is 48.7 Å². The molecular weight excluding hydrogens is 796 g/mol. The van der Waals surface area contributed by atoms with Gasteiger partial charge in [-0.1, -0.05) is 31.9 Å². The van der Waals surface area contributed by atoms with Gasteiger partial charge >= 0.3 is 6.18 Å². The molecule has 1 amide bonds. The molecule has 0 spiro atoms. The first kappa shape index (κ1) is 40.7. The number of anilines is 1. The number of carbonyl (C=O) groups excluding carboxylic acids is 1. The molecule has 3 aromatic heterocycles. The van der Waals surface area contributed by atoms with Crippen molar-refractivity contribution in [2.45, 2.75) is 57.8 Å². The fourth-order valence-corrected chi connectivity index (χ4v) is 7.96. The number of aryl methyl sites for hydroxylation is 1. The molecule has 11 nitrogen and oxygen atoms in total. The molecule has 2 aliphatic rings. The number of amides is 1. The summed E-state index contributed by atoms with van der Waals surface area (Å²) in [7, 11) is -2.20. The third-order valence-electron chi connectivity index (χ3n) is 10.4. The van der Waals surface area contributed by atoms with Gasteiger partial charge in [0, 0.05) is 41.1 Å². The molecule has 306 valence electrons. The number of carbonyl (C=O) groups is 1. The quantitative estimate of drug-likeness (QED) is 0.123. The summed E-state index contributed by atoms with van der Waals surface area (Å²) in [4.78, 5) is 18.8. The Morgan fingerprint density at radius 2 is 1.74 bits per heavy atom. The molecule has 1 aliphatic heterocycles. The Morgan fingerprint density at radius 3 is 2.36 bits per heavy atom. The number of benzene rings is 2. The summed E-state index contributed by atoms with van der Waals surface area (Å²) in [6.07, 6.45) is -4.49. The smallest absolute Gasteiger partial charge is 0.378 e. The Labute approximate surface area is 328 Å². The van der Waals surface area contributed by atoms with Crippen LogP contribution in [-0.4, -0.2) is 58.3 Å². The minimum absolute atomic E-state index is 0.0142. The molecule has 0 radical (unpaired) electrons. The molecule has 2 aromatic carbocycles. The topological polar surface area (TPSA) is 133 Å². The van der Waals surface area contributed by atoms with Gasteiger partial charge in [-0.25, -0.2) is 22.2 Å². The zero-order chi connectivity index (χ0) is 42.1. The van der Waals surface area contributed by atoms with Gasteiger partial charge in [0.2, 0.25) is 15.9 Å². The highest BCUT2D eigenvalue weighted by molar-refractivity contribution is 7.92. The second-order valence-electron chi connectivity index (χ2n) is 15.0. The Hall–Kier alpha value is -5.48. The monoisotopic (exact) mass is 831 g/mol. The summed E-state index contributed by atoms with van der Waals surface area (Å²) in [5.74, 6) is -3.33. The normalized spacial score (nSPS) is 18.9. The third kappa shape index (κ3) is 7.74. The third-order valence-corrected chi connectivity index (χ3v) is 10.9. The molecule has 0 saturated carbocycles. The predicted molar refractivity (Wildman–Crippen MR) is 198 cm³/mol. The molecule has 1 saturated heterocycles. The van der Waals surface area contributed by atoms with Crippen LogP contribution in [0.5, 0.6) is 0 Å². The summed E-state index contributed by atoms with van der Waals surface area (Å²) in [6.45, 7) is 3.90. The standard InChI is InChI=1S/C39H36F7N7O4S/c1-20-21(2)38(42,43)35-31(20)34(39(44,45)46)49-53(35)17-30(54)48-29(15-22-13-23(40)16-24(41)14-22)32-26(10-9-25(47-32)11-12-37(3)18-57-19-37)27-7-6-8-28-33(27)52(4)50-36(28)51-58(5,55)56/h6-10,13-14,16,20-21,29H,15,17-19H2,1-5H3,(H,48,54)(H,50,51)/t20-,21+,29-/m0/s1. The Balaban J connectivity index is 1.38. The van der Waals surface area contributed by atoms with E-state index in [1.807, 2.05) is 6.92 Å². The van der Waals surface area contributed by atoms with E-state index in [1.54, 1.807) is 37.4 Å². The number of nitrogens with zero attached hydrogens (tertiary/aromatic N) is 5. The van der Waals surface area contributed by atoms with E-state index in [0.29, 0.717) is 46.0 Å². The van der Waals surface area contributed by atoms with Crippen molar-refractivity contribution in [3.63, 3.8) is 0 Å². The van der Waals surface area contributed by atoms with Crippen LogP contribution in [0.1, 0.15) is 66.6 Å². The maximum absolute atomic E-state index is 15.6. The number of nitrogens with one attached hydrogen (secondary N) is 2. The summed E-state index contributed by atoms with van der Waals surface area (Å²) in [6, 6.07) is 9.50. The van der Waals surface area contributed by atoms with Crippen molar-refractivity contribution in [3.8, 4) is 23.0 Å². The summed E-state index contributed by atoms with van der Waals surface area (Å²) >= 11 is 0. The number of fused-ring (bicyclic) bond motifs is 2. The van der Waals surface area contributed by atoms with Crippen molar-refractivity contribution in [3.05, 3.63) is 94.1 Å². The van der Waals surface area contributed by atoms with E-state index in [-0.39, 0.29) is 29.2 Å². The summed E-state index contributed by atoms with van der Waals surface area (Å²) < 4.78 is 137. The van der Waals surface area contributed by atoms with Gasteiger partial charge in [-0.3, -0.25) is 18.9 Å². The van der Waals surface area contributed by atoms with E-state index < -0.39 is 86.5 Å². The highest BCUT2D eigenvalue weighted by Gasteiger charge is 2.57. The van der Waals surface area contributed by atoms with Crippen molar-refractivity contribution in [2.24, 2.45) is 18.4 Å². The van der Waals surface area contributed by atoms with Gasteiger partial charge in [0.1, 0.15) is 29.6 Å². The number of rotatable bonds is 9. The lowest BCUT2D eigenvalue weighted by Crippen LogP contribution is -2.38. The number of sulfonamides is 1. The molecule has 1 fully saturated rings. The number of halogens is 7. The largest absolute Gasteiger partial charge is 0.435 e. The lowest BCUT2D eigenvalue weighted by Gasteiger charge is -2.32. The first-order chi connectivity index (χ1) is 27.0. The minimum atomic E-state index is -5.10. The lowest BCUT2D eigenvalue weighted by molar-refractivity contribution is -0.143. The maximum Gasteiger partial charge on any atom is 0.435 e. The average Bonchev–Trinajstić information content (AvgIpc) is 3.70. The molecule has 0 bridgehead atoms. The van der Waals surface area contributed by atoms with Crippen LogP contribution in [-0.2, 0) is 51.7 Å². The van der Waals surface area contributed by atoms with Gasteiger partial charge in [0.25, 0.3) is 5.92 Å². The Kier molecular flexibility index (Phi) is 10.1. The number of ether oxygens (including phenoxy) is 1. The van der Waals surface area contributed by atoms with E-state index >= 15 is 8.78 Å². The molecular formula is C39H36F7N7O4S. The predicted octanol–water partition coefficient (Wildman–Crippen LogP) is 6.83. The van der Waals surface area contributed by atoms with Gasteiger partial charge in [-0.2, -0.15) is 32.1 Å². The van der Waals surface area contributed by atoms with Crippen LogP contribution in [0.25, 0.3) is 22.0 Å². The Bertz CT molecular complexity index is 2620. The highest BCUT2D eigenvalue weighted by Crippen LogP contribution is 2.55. The van der Waals surface area contributed by atoms with Crippen LogP contribution in [0.4, 0.5) is 36.6 Å². The molecule has 5 aromatic rings. The summed E-state index contributed by atoms with van der Waals surface area (Å²) in [5.41, 5.74) is -2.26. The van der Waals surface area contributed by atoms with E-state index in [4.69, 9.17) is 9.72 Å². The van der Waals surface area contributed by atoms with Crippen molar-refractivity contribution >= 4 is 32.7 Å². The SMILES string of the molecule is C[C@@H]1c2c(C(F)(F)F)nn(CC(=O)N[C@@H](Cc3cc(F)cc(F)c3)c3nc(C#CC4(C)COC4)ccc3-c3cccc4c(NS(C)(=O)=O)nn(C)c34)c2C(F)(F)[C@@H]1C. The first-order valence-corrected chi connectivity index (χ1v) is 19.8. The second kappa shape index (κ2) is 14.4. The minimum Gasteiger partial charge on any atom is -0.378 e. The fourth-order valence-electron chi connectivity index (χ4n) is 7.46. The van der Waals surface area contributed by atoms with Gasteiger partial charge in [0.15, 0.2) is 11.5 Å². The van der Waals surface area contributed by atoms with Crippen molar-refractivity contribution in [1.82, 2.24) is 29.9 Å². The fraction of sp³-hybridized carbons (Fsp3) is 0.385. The van der Waals surface area contributed by atoms with Crippen LogP contribution in [0, 0.1) is 34.8 Å². The number of hydrogen-bond donors (Lipinski definition) is 2. The van der Waals surface area contributed by atoms with Crippen LogP contribution in [0.15, 0.2) is 48.5 Å². The summed E-state index contributed by atoms with van der Waals surface area (Å²) in [5, 5.41) is 10.9. The molecule has 1 aliphatic carbocycles. The van der Waals surface area contributed by atoms with E-state index in [1.165, 1.54) is 11.6 Å². The average molecular weight is 832 g/mol. The number of aromatic nitrogens is 5. The molecule has 0 unspecified atom stereocenters. The van der Waals surface area contributed by atoms with E-state index in [0.717, 1.165) is 25.3 Å². The van der Waals surface area contributed by atoms with Gasteiger partial charge in [-0.15, -0.1) is 0 Å².